The maximum Gasteiger partial charge on any atom is 0.341 e. The van der Waals surface area contributed by atoms with E-state index in [0.29, 0.717) is 5.56 Å². The van der Waals surface area contributed by atoms with Gasteiger partial charge in [-0.15, -0.1) is 3.89 Å². The molecule has 1 atom stereocenters. The molecule has 0 saturated heterocycles. The molecule has 0 fully saturated rings. The first-order valence-electron chi connectivity index (χ1n) is 7.82. The standard InChI is InChI=1S/C18H16N2O6S/c1-10-7-8-13(12(9-10)18(23)24)20(2)15(17(19)22)16(21)11-5-3-4-6-14(11)27(20,25)26/h3-9H,1-2H3,(H3-,19,21,22,23,24)/p+1. The summed E-state index contributed by atoms with van der Waals surface area (Å²) in [6.45, 7) is 1.65. The zero-order valence-corrected chi connectivity index (χ0v) is 15.3. The molecule has 1 aliphatic rings. The first-order chi connectivity index (χ1) is 12.5. The van der Waals surface area contributed by atoms with Crippen LogP contribution in [0.4, 0.5) is 5.69 Å². The summed E-state index contributed by atoms with van der Waals surface area (Å²) in [5.41, 5.74) is 4.80. The zero-order valence-electron chi connectivity index (χ0n) is 14.5. The number of sulfonamides is 1. The first kappa shape index (κ1) is 18.6. The van der Waals surface area contributed by atoms with Crippen molar-refractivity contribution in [3.8, 4) is 0 Å². The molecule has 8 nitrogen and oxygen atoms in total. The van der Waals surface area contributed by atoms with Crippen molar-refractivity contribution in [2.45, 2.75) is 11.8 Å². The predicted octanol–water partition coefficient (Wildman–Crippen LogP) is 1.74. The molecule has 27 heavy (non-hydrogen) atoms. The number of aliphatic hydroxyl groups excluding tert-OH is 1. The lowest BCUT2D eigenvalue weighted by atomic mass is 10.1. The number of carbonyl (C=O) groups excluding carboxylic acids is 1. The number of aryl methyl sites for hydroxylation is 1. The fourth-order valence-corrected chi connectivity index (χ4v) is 5.23. The molecule has 0 spiro atoms. The second-order valence-electron chi connectivity index (χ2n) is 6.28. The van der Waals surface area contributed by atoms with Crippen LogP contribution >= 0.6 is 0 Å². The Morgan fingerprint density at radius 3 is 2.33 bits per heavy atom. The van der Waals surface area contributed by atoms with Crippen LogP contribution in [-0.4, -0.2) is 37.6 Å². The number of likely N-dealkylation sites (N-methyl/N-ethyl adjacent to an activating group) is 1. The second-order valence-corrected chi connectivity index (χ2v) is 8.40. The van der Waals surface area contributed by atoms with E-state index in [4.69, 9.17) is 5.73 Å². The van der Waals surface area contributed by atoms with Gasteiger partial charge in [0.15, 0.2) is 11.4 Å². The van der Waals surface area contributed by atoms with Crippen LogP contribution in [0.3, 0.4) is 0 Å². The minimum Gasteiger partial charge on any atom is -0.502 e. The van der Waals surface area contributed by atoms with Gasteiger partial charge in [0.25, 0.3) is 5.70 Å². The Bertz CT molecular complexity index is 1140. The van der Waals surface area contributed by atoms with Crippen LogP contribution in [0.5, 0.6) is 0 Å². The van der Waals surface area contributed by atoms with E-state index in [1.165, 1.54) is 42.5 Å². The molecular weight excluding hydrogens is 372 g/mol. The van der Waals surface area contributed by atoms with Crippen LogP contribution in [0.15, 0.2) is 53.1 Å². The van der Waals surface area contributed by atoms with Gasteiger partial charge >= 0.3 is 21.9 Å². The van der Waals surface area contributed by atoms with Gasteiger partial charge in [-0.05, 0) is 30.7 Å². The summed E-state index contributed by atoms with van der Waals surface area (Å²) in [5, 5.41) is 20.2. The van der Waals surface area contributed by atoms with Crippen molar-refractivity contribution in [2.24, 2.45) is 5.73 Å². The maximum atomic E-state index is 13.5. The first-order valence-corrected chi connectivity index (χ1v) is 9.26. The van der Waals surface area contributed by atoms with Gasteiger partial charge in [0.1, 0.15) is 10.5 Å². The van der Waals surface area contributed by atoms with Crippen LogP contribution in [0.25, 0.3) is 5.76 Å². The molecule has 0 aromatic heterocycles. The number of fused-ring (bicyclic) bond motifs is 1. The highest BCUT2D eigenvalue weighted by Gasteiger charge is 2.55. The number of quaternary nitrogens is 1. The number of primary amides is 1. The van der Waals surface area contributed by atoms with Crippen molar-refractivity contribution in [1.29, 1.82) is 0 Å². The number of nitrogens with zero attached hydrogens (tertiary/aromatic N) is 1. The van der Waals surface area contributed by atoms with Gasteiger partial charge in [-0.25, -0.2) is 4.79 Å². The molecule has 3 rings (SSSR count). The molecule has 0 bridgehead atoms. The molecule has 0 aliphatic carbocycles. The third-order valence-corrected chi connectivity index (χ3v) is 6.88. The maximum absolute atomic E-state index is 13.5. The summed E-state index contributed by atoms with van der Waals surface area (Å²) in [5.74, 6) is -3.15. The number of aliphatic hydroxyl groups is 1. The monoisotopic (exact) mass is 389 g/mol. The SMILES string of the molecule is Cc1ccc([N+]2(C)C(C(N)=O)=C(O)c3ccccc3S2(=O)=O)c(C(=O)O)c1. The van der Waals surface area contributed by atoms with Crippen molar-refractivity contribution in [1.82, 2.24) is 3.89 Å². The molecule has 0 radical (unpaired) electrons. The van der Waals surface area contributed by atoms with Gasteiger partial charge in [-0.1, -0.05) is 18.2 Å². The molecule has 1 aliphatic heterocycles. The van der Waals surface area contributed by atoms with Gasteiger partial charge in [-0.3, -0.25) is 4.79 Å². The molecule has 1 heterocycles. The molecular formula is C18H17N2O6S+. The number of carbonyl (C=O) groups is 2. The quantitative estimate of drug-likeness (QED) is 0.685. The van der Waals surface area contributed by atoms with E-state index in [9.17, 15) is 28.2 Å². The molecule has 1 amide bonds. The van der Waals surface area contributed by atoms with Crippen LogP contribution in [0, 0.1) is 6.92 Å². The van der Waals surface area contributed by atoms with Crippen molar-refractivity contribution in [3.63, 3.8) is 0 Å². The number of carboxylic acid groups (broad SMARTS) is 1. The van der Waals surface area contributed by atoms with Gasteiger partial charge in [-0.2, -0.15) is 8.42 Å². The fourth-order valence-electron chi connectivity index (χ4n) is 3.30. The van der Waals surface area contributed by atoms with Crippen LogP contribution in [-0.2, 0) is 14.8 Å². The molecule has 2 aromatic carbocycles. The van der Waals surface area contributed by atoms with Crippen molar-refractivity contribution in [3.05, 3.63) is 64.9 Å². The van der Waals surface area contributed by atoms with E-state index in [0.717, 1.165) is 7.05 Å². The van der Waals surface area contributed by atoms with Crippen molar-refractivity contribution < 1.29 is 28.2 Å². The number of benzene rings is 2. The molecule has 140 valence electrons. The highest BCUT2D eigenvalue weighted by molar-refractivity contribution is 7.91. The summed E-state index contributed by atoms with van der Waals surface area (Å²) in [6, 6.07) is 9.74. The lowest BCUT2D eigenvalue weighted by Gasteiger charge is -2.36. The summed E-state index contributed by atoms with van der Waals surface area (Å²) < 4.78 is 25.7. The Balaban J connectivity index is 2.53. The molecule has 0 saturated carbocycles. The largest absolute Gasteiger partial charge is 0.502 e. The third kappa shape index (κ3) is 2.43. The Hall–Kier alpha value is -3.17. The number of amides is 1. The highest BCUT2D eigenvalue weighted by Crippen LogP contribution is 2.45. The molecule has 4 N–H and O–H groups in total. The number of aromatic carboxylic acids is 1. The summed E-state index contributed by atoms with van der Waals surface area (Å²) in [7, 11) is -3.25. The summed E-state index contributed by atoms with van der Waals surface area (Å²) in [4.78, 5) is 23.7. The lowest BCUT2D eigenvalue weighted by molar-refractivity contribution is -0.115. The van der Waals surface area contributed by atoms with Gasteiger partial charge in [0.2, 0.25) is 0 Å². The fraction of sp³-hybridized carbons (Fsp3) is 0.111. The van der Waals surface area contributed by atoms with Gasteiger partial charge < -0.3 is 15.9 Å². The second kappa shape index (κ2) is 5.93. The number of rotatable bonds is 3. The average Bonchev–Trinajstić information content (AvgIpc) is 2.60. The van der Waals surface area contributed by atoms with E-state index in [2.05, 4.69) is 0 Å². The van der Waals surface area contributed by atoms with E-state index in [-0.39, 0.29) is 21.7 Å². The van der Waals surface area contributed by atoms with Crippen LogP contribution in [0.2, 0.25) is 0 Å². The Labute approximate surface area is 155 Å². The predicted molar refractivity (Wildman–Crippen MR) is 98.2 cm³/mol. The van der Waals surface area contributed by atoms with E-state index in [1.807, 2.05) is 0 Å². The van der Waals surface area contributed by atoms with Crippen molar-refractivity contribution in [2.75, 3.05) is 7.05 Å². The zero-order chi connectivity index (χ0) is 20.1. The highest BCUT2D eigenvalue weighted by atomic mass is 32.2. The van der Waals surface area contributed by atoms with Crippen LogP contribution < -0.4 is 9.62 Å². The summed E-state index contributed by atoms with van der Waals surface area (Å²) in [6.07, 6.45) is 0. The smallest absolute Gasteiger partial charge is 0.341 e. The Kier molecular flexibility index (Phi) is 4.09. The molecule has 9 heteroatoms. The number of carboxylic acids is 1. The lowest BCUT2D eigenvalue weighted by Crippen LogP contribution is -2.55. The average molecular weight is 389 g/mol. The Morgan fingerprint density at radius 2 is 1.74 bits per heavy atom. The minimum absolute atomic E-state index is 0.0640. The normalized spacial score (nSPS) is 20.8. The van der Waals surface area contributed by atoms with Gasteiger partial charge in [0, 0.05) is 11.6 Å². The van der Waals surface area contributed by atoms with Crippen molar-refractivity contribution >= 4 is 33.3 Å². The van der Waals surface area contributed by atoms with Crippen LogP contribution in [0.1, 0.15) is 21.5 Å². The Morgan fingerprint density at radius 1 is 1.11 bits per heavy atom. The molecule has 1 unspecified atom stereocenters. The number of hydrogen-bond donors (Lipinski definition) is 3. The minimum atomic E-state index is -4.38. The van der Waals surface area contributed by atoms with E-state index in [1.54, 1.807) is 6.92 Å². The number of nitrogens with two attached hydrogens (primary N) is 1. The topological polar surface area (TPSA) is 135 Å². The third-order valence-electron chi connectivity index (χ3n) is 4.63. The number of hydrogen-bond acceptors (Lipinski definition) is 5. The summed E-state index contributed by atoms with van der Waals surface area (Å²) >= 11 is 0. The van der Waals surface area contributed by atoms with E-state index < -0.39 is 37.2 Å². The van der Waals surface area contributed by atoms with Gasteiger partial charge in [0.05, 0.1) is 7.05 Å². The van der Waals surface area contributed by atoms with E-state index >= 15 is 0 Å². The molecule has 2 aromatic rings.